The summed E-state index contributed by atoms with van der Waals surface area (Å²) in [5.41, 5.74) is 1.19. The Hall–Kier alpha value is -2.33. The molecule has 1 fully saturated rings. The van der Waals surface area contributed by atoms with Crippen LogP contribution in [0, 0.1) is 0 Å². The van der Waals surface area contributed by atoms with Gasteiger partial charge in [-0.1, -0.05) is 43.7 Å². The van der Waals surface area contributed by atoms with E-state index in [9.17, 15) is 4.79 Å². The summed E-state index contributed by atoms with van der Waals surface area (Å²) >= 11 is 0. The molecule has 2 aromatic rings. The highest BCUT2D eigenvalue weighted by Gasteiger charge is 2.25. The summed E-state index contributed by atoms with van der Waals surface area (Å²) in [5, 5.41) is 0. The summed E-state index contributed by atoms with van der Waals surface area (Å²) in [6.45, 7) is 2.94. The van der Waals surface area contributed by atoms with E-state index in [2.05, 4.69) is 36.2 Å². The van der Waals surface area contributed by atoms with Crippen LogP contribution in [0.2, 0.25) is 0 Å². The van der Waals surface area contributed by atoms with Gasteiger partial charge in [0.2, 0.25) is 0 Å². The molecule has 0 spiro atoms. The molecule has 2 aromatic carbocycles. The average molecular weight is 367 g/mol. The third-order valence-electron chi connectivity index (χ3n) is 5.20. The van der Waals surface area contributed by atoms with Crippen molar-refractivity contribution >= 4 is 5.97 Å². The van der Waals surface area contributed by atoms with E-state index in [1.54, 1.807) is 19.1 Å². The van der Waals surface area contributed by atoms with Crippen LogP contribution in [0.1, 0.15) is 50.7 Å². The van der Waals surface area contributed by atoms with Crippen molar-refractivity contribution in [1.29, 1.82) is 0 Å². The molecule has 4 nitrogen and oxygen atoms in total. The zero-order valence-electron chi connectivity index (χ0n) is 16.3. The molecular weight excluding hydrogens is 338 g/mol. The zero-order chi connectivity index (χ0) is 19.1. The van der Waals surface area contributed by atoms with Gasteiger partial charge >= 0.3 is 5.97 Å². The molecule has 1 aliphatic heterocycles. The predicted molar refractivity (Wildman–Crippen MR) is 107 cm³/mol. The van der Waals surface area contributed by atoms with Crippen LogP contribution in [0.15, 0.2) is 54.6 Å². The first kappa shape index (κ1) is 19.4. The Labute approximate surface area is 162 Å². The molecule has 3 rings (SSSR count). The molecule has 0 radical (unpaired) electrons. The largest absolute Gasteiger partial charge is 0.486 e. The summed E-state index contributed by atoms with van der Waals surface area (Å²) < 4.78 is 11.6. The number of piperidine rings is 1. The van der Waals surface area contributed by atoms with E-state index >= 15 is 0 Å². The van der Waals surface area contributed by atoms with Gasteiger partial charge in [0.1, 0.15) is 17.6 Å². The van der Waals surface area contributed by atoms with Crippen LogP contribution in [0.25, 0.3) is 0 Å². The van der Waals surface area contributed by atoms with Crippen molar-refractivity contribution in [1.82, 2.24) is 4.90 Å². The Kier molecular flexibility index (Phi) is 6.88. The number of likely N-dealkylation sites (tertiary alicyclic amines) is 1. The van der Waals surface area contributed by atoms with Crippen molar-refractivity contribution in [3.05, 3.63) is 60.2 Å². The van der Waals surface area contributed by atoms with Crippen LogP contribution in [0.3, 0.4) is 0 Å². The molecule has 2 unspecified atom stereocenters. The van der Waals surface area contributed by atoms with Gasteiger partial charge in [0.25, 0.3) is 0 Å². The second kappa shape index (κ2) is 9.56. The summed E-state index contributed by atoms with van der Waals surface area (Å²) in [5.74, 6) is 1.11. The number of esters is 1. The van der Waals surface area contributed by atoms with E-state index in [-0.39, 0.29) is 12.1 Å². The highest BCUT2D eigenvalue weighted by molar-refractivity contribution is 5.71. The summed E-state index contributed by atoms with van der Waals surface area (Å²) in [6, 6.07) is 18.3. The van der Waals surface area contributed by atoms with Gasteiger partial charge in [-0.2, -0.15) is 0 Å². The number of ether oxygens (including phenoxy) is 2. The van der Waals surface area contributed by atoms with Crippen molar-refractivity contribution in [2.45, 2.75) is 51.2 Å². The fourth-order valence-electron chi connectivity index (χ4n) is 3.56. The topological polar surface area (TPSA) is 38.8 Å². The molecule has 4 heteroatoms. The number of rotatable bonds is 7. The number of benzene rings is 2. The lowest BCUT2D eigenvalue weighted by Gasteiger charge is -2.35. The Morgan fingerprint density at radius 1 is 1.07 bits per heavy atom. The van der Waals surface area contributed by atoms with Gasteiger partial charge in [-0.25, -0.2) is 0 Å². The van der Waals surface area contributed by atoms with Gasteiger partial charge in [-0.05, 0) is 56.3 Å². The Balaban J connectivity index is 1.72. The molecule has 1 saturated heterocycles. The van der Waals surface area contributed by atoms with Crippen LogP contribution in [0.4, 0.5) is 0 Å². The highest BCUT2D eigenvalue weighted by Crippen LogP contribution is 2.31. The van der Waals surface area contributed by atoms with Gasteiger partial charge < -0.3 is 14.4 Å². The van der Waals surface area contributed by atoms with Crippen LogP contribution in [-0.4, -0.2) is 30.5 Å². The van der Waals surface area contributed by atoms with Crippen molar-refractivity contribution in [3.63, 3.8) is 0 Å². The second-order valence-corrected chi connectivity index (χ2v) is 7.18. The molecule has 0 aromatic heterocycles. The van der Waals surface area contributed by atoms with E-state index < -0.39 is 0 Å². The zero-order valence-corrected chi connectivity index (χ0v) is 16.3. The third-order valence-corrected chi connectivity index (χ3v) is 5.20. The van der Waals surface area contributed by atoms with Gasteiger partial charge in [0.15, 0.2) is 0 Å². The molecule has 1 aliphatic rings. The van der Waals surface area contributed by atoms with Crippen molar-refractivity contribution in [3.8, 4) is 11.5 Å². The fraction of sp³-hybridized carbons (Fsp3) is 0.435. The first-order valence-corrected chi connectivity index (χ1v) is 9.88. The second-order valence-electron chi connectivity index (χ2n) is 7.18. The van der Waals surface area contributed by atoms with E-state index in [4.69, 9.17) is 9.47 Å². The number of hydrogen-bond donors (Lipinski definition) is 0. The van der Waals surface area contributed by atoms with E-state index in [0.717, 1.165) is 18.7 Å². The minimum Gasteiger partial charge on any atom is -0.486 e. The monoisotopic (exact) mass is 367 g/mol. The van der Waals surface area contributed by atoms with Crippen LogP contribution in [-0.2, 0) is 4.79 Å². The summed E-state index contributed by atoms with van der Waals surface area (Å²) in [4.78, 5) is 13.9. The van der Waals surface area contributed by atoms with E-state index in [1.807, 2.05) is 18.2 Å². The van der Waals surface area contributed by atoms with Gasteiger partial charge in [-0.15, -0.1) is 0 Å². The van der Waals surface area contributed by atoms with Crippen LogP contribution < -0.4 is 9.47 Å². The molecule has 0 N–H and O–H groups in total. The number of hydrogen-bond acceptors (Lipinski definition) is 4. The van der Waals surface area contributed by atoms with Gasteiger partial charge in [0, 0.05) is 18.9 Å². The maximum Gasteiger partial charge on any atom is 0.310 e. The normalized spacial score (nSPS) is 18.7. The predicted octanol–water partition coefficient (Wildman–Crippen LogP) is 5.00. The minimum absolute atomic E-state index is 0.000733. The molecule has 144 valence electrons. The Morgan fingerprint density at radius 3 is 2.44 bits per heavy atom. The van der Waals surface area contributed by atoms with E-state index in [0.29, 0.717) is 18.2 Å². The fourth-order valence-corrected chi connectivity index (χ4v) is 3.56. The van der Waals surface area contributed by atoms with E-state index in [1.165, 1.54) is 24.8 Å². The highest BCUT2D eigenvalue weighted by atomic mass is 16.5. The maximum absolute atomic E-state index is 11.4. The third kappa shape index (κ3) is 5.57. The molecule has 27 heavy (non-hydrogen) atoms. The number of carbonyl (C=O) groups excluding carboxylic acids is 1. The Morgan fingerprint density at radius 2 is 1.78 bits per heavy atom. The first-order valence-electron chi connectivity index (χ1n) is 9.88. The molecule has 2 atom stereocenters. The van der Waals surface area contributed by atoms with Crippen LogP contribution >= 0.6 is 0 Å². The molecule has 0 amide bonds. The quantitative estimate of drug-likeness (QED) is 0.510. The van der Waals surface area contributed by atoms with Crippen molar-refractivity contribution in [2.75, 3.05) is 13.6 Å². The smallest absolute Gasteiger partial charge is 0.310 e. The minimum atomic E-state index is -0.230. The number of carbonyl (C=O) groups is 1. The summed E-state index contributed by atoms with van der Waals surface area (Å²) in [6.07, 6.45) is 5.11. The number of nitrogens with zero attached hydrogens (tertiary/aromatic N) is 1. The first-order chi connectivity index (χ1) is 13.2. The molecular formula is C23H29NO3. The average Bonchev–Trinajstić information content (AvgIpc) is 2.71. The molecule has 0 aliphatic carbocycles. The maximum atomic E-state index is 11.4. The lowest BCUT2D eigenvalue weighted by molar-refractivity contribution is -0.134. The lowest BCUT2D eigenvalue weighted by atomic mass is 9.94. The molecule has 1 heterocycles. The summed E-state index contributed by atoms with van der Waals surface area (Å²) in [7, 11) is 2.21. The molecule has 0 saturated carbocycles. The van der Waals surface area contributed by atoms with Gasteiger partial charge in [-0.3, -0.25) is 4.79 Å². The Bertz CT molecular complexity index is 714. The van der Waals surface area contributed by atoms with Gasteiger partial charge in [0.05, 0.1) is 0 Å². The van der Waals surface area contributed by atoms with Crippen molar-refractivity contribution in [2.24, 2.45) is 0 Å². The SMILES string of the molecule is CCC(=O)Oc1ccc(OC(CC2CCCCN2C)c2ccccc2)cc1. The standard InChI is InChI=1S/C23H29NO3/c1-3-23(25)27-21-14-12-20(13-15-21)26-22(18-9-5-4-6-10-18)17-19-11-7-8-16-24(19)2/h4-6,9-10,12-15,19,22H,3,7-8,11,16-17H2,1-2H3. The van der Waals surface area contributed by atoms with Crippen molar-refractivity contribution < 1.29 is 14.3 Å². The van der Waals surface area contributed by atoms with Crippen LogP contribution in [0.5, 0.6) is 11.5 Å². The molecule has 0 bridgehead atoms. The lowest BCUT2D eigenvalue weighted by Crippen LogP contribution is -2.37.